The van der Waals surface area contributed by atoms with Crippen molar-refractivity contribution in [2.45, 2.75) is 36.8 Å². The van der Waals surface area contributed by atoms with Crippen molar-refractivity contribution >= 4 is 15.8 Å². The van der Waals surface area contributed by atoms with Crippen LogP contribution >= 0.6 is 0 Å². The largest absolute Gasteiger partial charge is 0.573 e. The second-order valence-electron chi connectivity index (χ2n) is 4.76. The molecule has 0 unspecified atom stereocenters. The van der Waals surface area contributed by atoms with Crippen LogP contribution in [-0.2, 0) is 19.4 Å². The number of carbonyl (C=O) groups excluding carboxylic acids is 1. The summed E-state index contributed by atoms with van der Waals surface area (Å²) in [5, 5.41) is 0. The fourth-order valence-electron chi connectivity index (χ4n) is 1.55. The van der Waals surface area contributed by atoms with Crippen molar-refractivity contribution in [1.29, 1.82) is 0 Å². The van der Waals surface area contributed by atoms with Crippen LogP contribution in [0.4, 0.5) is 13.2 Å². The van der Waals surface area contributed by atoms with Crippen LogP contribution in [0.25, 0.3) is 0 Å². The number of hydrogen-bond donors (Lipinski definition) is 0. The van der Waals surface area contributed by atoms with Crippen molar-refractivity contribution < 1.29 is 35.9 Å². The Kier molecular flexibility index (Phi) is 5.11. The molecule has 1 rings (SSSR count). The zero-order chi connectivity index (χ0) is 17.2. The van der Waals surface area contributed by atoms with E-state index in [1.54, 1.807) is 0 Å². The molecule has 0 saturated carbocycles. The van der Waals surface area contributed by atoms with Gasteiger partial charge in [-0.05, 0) is 39.0 Å². The number of hydrogen-bond acceptors (Lipinski definition) is 5. The molecule has 0 heterocycles. The summed E-state index contributed by atoms with van der Waals surface area (Å²) in [7, 11) is -4.26. The Morgan fingerprint density at radius 2 is 1.82 bits per heavy atom. The molecule has 9 heteroatoms. The van der Waals surface area contributed by atoms with Crippen molar-refractivity contribution in [3.8, 4) is 5.75 Å². The van der Waals surface area contributed by atoms with Crippen LogP contribution in [0.5, 0.6) is 5.75 Å². The monoisotopic (exact) mass is 340 g/mol. The van der Waals surface area contributed by atoms with Crippen molar-refractivity contribution in [2.75, 3.05) is 6.61 Å². The molecule has 0 aliphatic heterocycles. The molecule has 0 N–H and O–H groups in total. The number of alkyl halides is 3. The first-order chi connectivity index (χ1) is 9.91. The minimum Gasteiger partial charge on any atom is -0.465 e. The summed E-state index contributed by atoms with van der Waals surface area (Å²) in [6.07, 6.45) is -4.95. The fraction of sp³-hybridized carbons (Fsp3) is 0.462. The molecule has 0 aromatic heterocycles. The quantitative estimate of drug-likeness (QED) is 0.771. The molecule has 0 saturated heterocycles. The topological polar surface area (TPSA) is 69.7 Å². The Balaban J connectivity index is 3.24. The smallest absolute Gasteiger partial charge is 0.465 e. The van der Waals surface area contributed by atoms with Crippen LogP contribution in [0.1, 0.15) is 20.8 Å². The Morgan fingerprint density at radius 1 is 1.23 bits per heavy atom. The number of sulfone groups is 1. The van der Waals surface area contributed by atoms with Crippen LogP contribution in [0.2, 0.25) is 0 Å². The van der Waals surface area contributed by atoms with Gasteiger partial charge in [0.05, 0.1) is 11.5 Å². The molecule has 22 heavy (non-hydrogen) atoms. The normalized spacial score (nSPS) is 12.8. The average molecular weight is 340 g/mol. The second kappa shape index (κ2) is 6.15. The van der Waals surface area contributed by atoms with Gasteiger partial charge in [-0.1, -0.05) is 6.07 Å². The highest BCUT2D eigenvalue weighted by atomic mass is 32.2. The lowest BCUT2D eigenvalue weighted by Gasteiger charge is -2.22. The average Bonchev–Trinajstić information content (AvgIpc) is 2.37. The fourth-order valence-corrected chi connectivity index (χ4v) is 2.94. The van der Waals surface area contributed by atoms with Crippen LogP contribution in [0.3, 0.4) is 0 Å². The lowest BCUT2D eigenvalue weighted by Crippen LogP contribution is -2.42. The molecule has 0 radical (unpaired) electrons. The number of ether oxygens (including phenoxy) is 2. The summed E-state index contributed by atoms with van der Waals surface area (Å²) in [5.41, 5.74) is 0. The van der Waals surface area contributed by atoms with E-state index >= 15 is 0 Å². The van der Waals surface area contributed by atoms with Crippen LogP contribution < -0.4 is 4.74 Å². The lowest BCUT2D eigenvalue weighted by molar-refractivity contribution is -0.274. The van der Waals surface area contributed by atoms with Crippen molar-refractivity contribution in [1.82, 2.24) is 0 Å². The van der Waals surface area contributed by atoms with E-state index in [4.69, 9.17) is 4.74 Å². The van der Waals surface area contributed by atoms with Crippen molar-refractivity contribution in [3.63, 3.8) is 0 Å². The van der Waals surface area contributed by atoms with Gasteiger partial charge in [-0.25, -0.2) is 8.42 Å². The summed E-state index contributed by atoms with van der Waals surface area (Å²) in [6.45, 7) is 3.74. The second-order valence-corrected chi connectivity index (χ2v) is 7.26. The predicted molar refractivity (Wildman–Crippen MR) is 71.0 cm³/mol. The summed E-state index contributed by atoms with van der Waals surface area (Å²) in [5.74, 6) is -1.68. The number of benzene rings is 1. The Labute approximate surface area is 125 Å². The lowest BCUT2D eigenvalue weighted by atomic mass is 10.2. The van der Waals surface area contributed by atoms with Gasteiger partial charge in [-0.15, -0.1) is 13.2 Å². The van der Waals surface area contributed by atoms with E-state index in [2.05, 4.69) is 4.74 Å². The zero-order valence-electron chi connectivity index (χ0n) is 12.1. The summed E-state index contributed by atoms with van der Waals surface area (Å²) < 4.78 is 67.9. The minimum absolute atomic E-state index is 0.0188. The van der Waals surface area contributed by atoms with Gasteiger partial charge < -0.3 is 9.47 Å². The van der Waals surface area contributed by atoms with Gasteiger partial charge in [0, 0.05) is 0 Å². The Morgan fingerprint density at radius 3 is 2.32 bits per heavy atom. The van der Waals surface area contributed by atoms with E-state index in [9.17, 15) is 26.4 Å². The van der Waals surface area contributed by atoms with Crippen LogP contribution in [0, 0.1) is 0 Å². The molecule has 0 atom stereocenters. The van der Waals surface area contributed by atoms with Crippen LogP contribution in [-0.4, -0.2) is 32.1 Å². The van der Waals surface area contributed by atoms with Crippen molar-refractivity contribution in [3.05, 3.63) is 24.3 Å². The van der Waals surface area contributed by atoms with Gasteiger partial charge in [-0.2, -0.15) is 0 Å². The van der Waals surface area contributed by atoms with Gasteiger partial charge in [0.25, 0.3) is 0 Å². The zero-order valence-corrected chi connectivity index (χ0v) is 12.9. The van der Waals surface area contributed by atoms with Gasteiger partial charge >= 0.3 is 12.3 Å². The molecule has 1 aromatic rings. The van der Waals surface area contributed by atoms with E-state index < -0.39 is 37.6 Å². The highest BCUT2D eigenvalue weighted by Gasteiger charge is 2.44. The SMILES string of the molecule is CCOC(=O)C(C)(C)S(=O)(=O)c1cccc(OC(F)(F)F)c1. The molecule has 1 aromatic carbocycles. The van der Waals surface area contributed by atoms with E-state index in [0.717, 1.165) is 32.0 Å². The van der Waals surface area contributed by atoms with Crippen LogP contribution in [0.15, 0.2) is 29.2 Å². The van der Waals surface area contributed by atoms with Gasteiger partial charge in [0.1, 0.15) is 5.75 Å². The number of esters is 1. The number of carbonyl (C=O) groups is 1. The van der Waals surface area contributed by atoms with E-state index in [1.807, 2.05) is 0 Å². The Bertz CT molecular complexity index is 650. The highest BCUT2D eigenvalue weighted by molar-refractivity contribution is 7.93. The third kappa shape index (κ3) is 3.90. The molecule has 0 bridgehead atoms. The minimum atomic E-state index is -4.95. The molecule has 0 aliphatic rings. The molecule has 0 amide bonds. The number of halogens is 3. The number of rotatable bonds is 5. The predicted octanol–water partition coefficient (Wildman–Crippen LogP) is 2.70. The molecular weight excluding hydrogens is 325 g/mol. The van der Waals surface area contributed by atoms with Crippen molar-refractivity contribution in [2.24, 2.45) is 0 Å². The Hall–Kier alpha value is -1.77. The summed E-state index contributed by atoms with van der Waals surface area (Å²) in [6, 6.07) is 3.85. The van der Waals surface area contributed by atoms with Gasteiger partial charge in [0.15, 0.2) is 14.6 Å². The molecule has 124 valence electrons. The summed E-state index contributed by atoms with van der Waals surface area (Å²) in [4.78, 5) is 11.3. The maximum atomic E-state index is 12.5. The maximum absolute atomic E-state index is 12.5. The van der Waals surface area contributed by atoms with Gasteiger partial charge in [-0.3, -0.25) is 4.79 Å². The van der Waals surface area contributed by atoms with E-state index in [-0.39, 0.29) is 6.61 Å². The molecular formula is C13H15F3O5S. The molecule has 0 fully saturated rings. The molecule has 0 spiro atoms. The molecule has 5 nitrogen and oxygen atoms in total. The van der Waals surface area contributed by atoms with Gasteiger partial charge in [0.2, 0.25) is 0 Å². The summed E-state index contributed by atoms with van der Waals surface area (Å²) >= 11 is 0. The first-order valence-corrected chi connectivity index (χ1v) is 7.68. The standard InChI is InChI=1S/C13H15F3O5S/c1-4-20-11(17)12(2,3)22(18,19)10-7-5-6-9(8-10)21-13(14,15)16/h5-8H,4H2,1-3H3. The third-order valence-electron chi connectivity index (χ3n) is 2.79. The first-order valence-electron chi connectivity index (χ1n) is 6.19. The third-order valence-corrected chi connectivity index (χ3v) is 5.17. The molecule has 0 aliphatic carbocycles. The maximum Gasteiger partial charge on any atom is 0.573 e. The first kappa shape index (κ1) is 18.3. The highest BCUT2D eigenvalue weighted by Crippen LogP contribution is 2.30. The van der Waals surface area contributed by atoms with E-state index in [1.165, 1.54) is 6.92 Å². The van der Waals surface area contributed by atoms with E-state index in [0.29, 0.717) is 6.07 Å².